The van der Waals surface area contributed by atoms with E-state index in [1.165, 1.54) is 0 Å². The molecule has 2 aromatic rings. The van der Waals surface area contributed by atoms with Crippen LogP contribution in [0.25, 0.3) is 0 Å². The lowest BCUT2D eigenvalue weighted by Crippen LogP contribution is -1.99. The zero-order valence-electron chi connectivity index (χ0n) is 7.20. The Morgan fingerprint density at radius 1 is 1.43 bits per heavy atom. The van der Waals surface area contributed by atoms with Gasteiger partial charge in [-0.15, -0.1) is 11.3 Å². The van der Waals surface area contributed by atoms with Gasteiger partial charge in [0.25, 0.3) is 0 Å². The molecule has 0 atom stereocenters. The molecule has 0 fully saturated rings. The fourth-order valence-corrected chi connectivity index (χ4v) is 3.24. The number of halogens is 1. The van der Waals surface area contributed by atoms with Crippen molar-refractivity contribution in [2.75, 3.05) is 0 Å². The number of ketones is 1. The van der Waals surface area contributed by atoms with Crippen LogP contribution in [-0.2, 0) is 6.42 Å². The van der Waals surface area contributed by atoms with E-state index in [0.29, 0.717) is 6.42 Å². The highest BCUT2D eigenvalue weighted by Crippen LogP contribution is 2.21. The highest BCUT2D eigenvalue weighted by molar-refractivity contribution is 9.10. The Bertz CT molecular complexity index is 431. The second-order valence-corrected chi connectivity index (χ2v) is 5.53. The van der Waals surface area contributed by atoms with E-state index in [1.807, 2.05) is 28.3 Å². The second-order valence-electron chi connectivity index (χ2n) is 2.84. The number of rotatable bonds is 3. The first-order valence-electron chi connectivity index (χ1n) is 4.04. The Morgan fingerprint density at radius 3 is 2.86 bits per heavy atom. The van der Waals surface area contributed by atoms with Gasteiger partial charge in [-0.1, -0.05) is 0 Å². The van der Waals surface area contributed by atoms with E-state index < -0.39 is 0 Å². The largest absolute Gasteiger partial charge is 0.294 e. The maximum atomic E-state index is 11.7. The molecule has 2 heterocycles. The van der Waals surface area contributed by atoms with Crippen molar-refractivity contribution >= 4 is 44.4 Å². The molecule has 72 valence electrons. The molecule has 0 radical (unpaired) electrons. The monoisotopic (exact) mass is 286 g/mol. The van der Waals surface area contributed by atoms with Crippen molar-refractivity contribution in [3.63, 3.8) is 0 Å². The molecule has 0 saturated heterocycles. The Hall–Kier alpha value is -0.450. The zero-order valence-corrected chi connectivity index (χ0v) is 10.4. The highest BCUT2D eigenvalue weighted by atomic mass is 79.9. The lowest BCUT2D eigenvalue weighted by atomic mass is 10.1. The van der Waals surface area contributed by atoms with Gasteiger partial charge in [-0.05, 0) is 33.4 Å². The fourth-order valence-electron chi connectivity index (χ4n) is 1.13. The summed E-state index contributed by atoms with van der Waals surface area (Å²) in [6, 6.07) is 3.87. The van der Waals surface area contributed by atoms with Crippen LogP contribution in [0.15, 0.2) is 32.7 Å². The minimum absolute atomic E-state index is 0.195. The van der Waals surface area contributed by atoms with Crippen LogP contribution in [0.5, 0.6) is 0 Å². The molecule has 0 unspecified atom stereocenters. The van der Waals surface area contributed by atoms with Crippen molar-refractivity contribution in [3.05, 3.63) is 43.2 Å². The molecule has 0 saturated carbocycles. The summed E-state index contributed by atoms with van der Waals surface area (Å²) in [7, 11) is 0. The van der Waals surface area contributed by atoms with Gasteiger partial charge in [0.1, 0.15) is 0 Å². The maximum absolute atomic E-state index is 11.7. The molecule has 0 aromatic carbocycles. The smallest absolute Gasteiger partial charge is 0.168 e. The quantitative estimate of drug-likeness (QED) is 0.780. The molecule has 2 rings (SSSR count). The van der Waals surface area contributed by atoms with Gasteiger partial charge in [0, 0.05) is 32.1 Å². The van der Waals surface area contributed by atoms with Gasteiger partial charge in [-0.3, -0.25) is 4.79 Å². The first-order chi connectivity index (χ1) is 6.75. The Kier molecular flexibility index (Phi) is 3.15. The van der Waals surface area contributed by atoms with E-state index in [0.717, 1.165) is 14.9 Å². The first kappa shape index (κ1) is 10.1. The average molecular weight is 287 g/mol. The van der Waals surface area contributed by atoms with Crippen molar-refractivity contribution in [3.8, 4) is 0 Å². The number of hydrogen-bond acceptors (Lipinski definition) is 3. The Balaban J connectivity index is 2.09. The summed E-state index contributed by atoms with van der Waals surface area (Å²) in [6.45, 7) is 0. The Morgan fingerprint density at radius 2 is 2.29 bits per heavy atom. The summed E-state index contributed by atoms with van der Waals surface area (Å²) in [5.41, 5.74) is 0.819. The molecule has 1 nitrogen and oxygen atoms in total. The van der Waals surface area contributed by atoms with Gasteiger partial charge in [-0.2, -0.15) is 11.3 Å². The topological polar surface area (TPSA) is 17.1 Å². The average Bonchev–Trinajstić information content (AvgIpc) is 2.75. The molecule has 0 spiro atoms. The minimum atomic E-state index is 0.195. The standard InChI is InChI=1S/C10H7BrOS2/c11-8-3-9(14-6-8)4-10(12)7-1-2-13-5-7/h1-3,5-6H,4H2. The number of carbonyl (C=O) groups excluding carboxylic acids is 1. The predicted octanol–water partition coefficient (Wildman–Crippen LogP) is 4.00. The predicted molar refractivity (Wildman–Crippen MR) is 64.4 cm³/mol. The van der Waals surface area contributed by atoms with E-state index in [1.54, 1.807) is 22.7 Å². The molecular formula is C10H7BrOS2. The third kappa shape index (κ3) is 2.32. The summed E-state index contributed by atoms with van der Waals surface area (Å²) in [5, 5.41) is 5.82. The third-order valence-electron chi connectivity index (χ3n) is 1.80. The van der Waals surface area contributed by atoms with Crippen LogP contribution in [-0.4, -0.2) is 5.78 Å². The molecule has 14 heavy (non-hydrogen) atoms. The summed E-state index contributed by atoms with van der Waals surface area (Å²) >= 11 is 6.54. The van der Waals surface area contributed by atoms with Gasteiger partial charge in [0.15, 0.2) is 5.78 Å². The lowest BCUT2D eigenvalue weighted by molar-refractivity contribution is 0.0994. The van der Waals surface area contributed by atoms with Crippen molar-refractivity contribution < 1.29 is 4.79 Å². The number of thiophene rings is 2. The van der Waals surface area contributed by atoms with Gasteiger partial charge >= 0.3 is 0 Å². The van der Waals surface area contributed by atoms with Crippen molar-refractivity contribution in [2.24, 2.45) is 0 Å². The van der Waals surface area contributed by atoms with Gasteiger partial charge in [0.05, 0.1) is 0 Å². The normalized spacial score (nSPS) is 10.4. The van der Waals surface area contributed by atoms with E-state index in [9.17, 15) is 4.79 Å². The van der Waals surface area contributed by atoms with E-state index in [4.69, 9.17) is 0 Å². The molecule has 4 heteroatoms. The molecule has 2 aromatic heterocycles. The van der Waals surface area contributed by atoms with Gasteiger partial charge in [-0.25, -0.2) is 0 Å². The molecule has 0 N–H and O–H groups in total. The van der Waals surface area contributed by atoms with Crippen molar-refractivity contribution in [2.45, 2.75) is 6.42 Å². The molecule has 0 aliphatic rings. The van der Waals surface area contributed by atoms with Crippen molar-refractivity contribution in [1.29, 1.82) is 0 Å². The number of hydrogen-bond donors (Lipinski definition) is 0. The Labute approximate surface area is 98.5 Å². The zero-order chi connectivity index (χ0) is 9.97. The van der Waals surface area contributed by atoms with Crippen LogP contribution < -0.4 is 0 Å². The van der Waals surface area contributed by atoms with Gasteiger partial charge in [0.2, 0.25) is 0 Å². The van der Waals surface area contributed by atoms with E-state index >= 15 is 0 Å². The fraction of sp³-hybridized carbons (Fsp3) is 0.100. The molecule has 0 amide bonds. The lowest BCUT2D eigenvalue weighted by Gasteiger charge is -1.93. The summed E-state index contributed by atoms with van der Waals surface area (Å²) in [6.07, 6.45) is 0.507. The molecule has 0 bridgehead atoms. The summed E-state index contributed by atoms with van der Waals surface area (Å²) in [5.74, 6) is 0.195. The maximum Gasteiger partial charge on any atom is 0.168 e. The van der Waals surface area contributed by atoms with Crippen LogP contribution in [0, 0.1) is 0 Å². The molecule has 0 aliphatic carbocycles. The summed E-state index contributed by atoms with van der Waals surface area (Å²) in [4.78, 5) is 12.8. The number of carbonyl (C=O) groups is 1. The van der Waals surface area contributed by atoms with Crippen molar-refractivity contribution in [1.82, 2.24) is 0 Å². The molecule has 0 aliphatic heterocycles. The third-order valence-corrected chi connectivity index (χ3v) is 4.18. The van der Waals surface area contributed by atoms with Crippen LogP contribution in [0.1, 0.15) is 15.2 Å². The van der Waals surface area contributed by atoms with Crippen LogP contribution in [0.2, 0.25) is 0 Å². The second kappa shape index (κ2) is 4.38. The number of Topliss-reactive ketones (excluding diaryl/α,β-unsaturated/α-hetero) is 1. The van der Waals surface area contributed by atoms with E-state index in [2.05, 4.69) is 15.9 Å². The first-order valence-corrected chi connectivity index (χ1v) is 6.65. The highest BCUT2D eigenvalue weighted by Gasteiger charge is 2.08. The molecular weight excluding hydrogens is 280 g/mol. The summed E-state index contributed by atoms with van der Waals surface area (Å²) < 4.78 is 1.05. The SMILES string of the molecule is O=C(Cc1cc(Br)cs1)c1ccsc1. The van der Waals surface area contributed by atoms with E-state index in [-0.39, 0.29) is 5.78 Å². The van der Waals surface area contributed by atoms with Gasteiger partial charge < -0.3 is 0 Å². The van der Waals surface area contributed by atoms with Crippen LogP contribution in [0.3, 0.4) is 0 Å². The van der Waals surface area contributed by atoms with Crippen LogP contribution >= 0.6 is 38.6 Å². The minimum Gasteiger partial charge on any atom is -0.294 e. The van der Waals surface area contributed by atoms with Crippen LogP contribution in [0.4, 0.5) is 0 Å².